The summed E-state index contributed by atoms with van der Waals surface area (Å²) in [7, 11) is 3.60. The number of carboxylic acid groups (broad SMARTS) is 1. The third-order valence-corrected chi connectivity index (χ3v) is 11.0. The molecule has 0 saturated carbocycles. The van der Waals surface area contributed by atoms with Crippen molar-refractivity contribution in [2.45, 2.75) is 84.5 Å². The van der Waals surface area contributed by atoms with E-state index in [-0.39, 0.29) is 27.7 Å². The van der Waals surface area contributed by atoms with E-state index in [1.807, 2.05) is 44.2 Å². The van der Waals surface area contributed by atoms with Crippen LogP contribution < -0.4 is 10.6 Å². The van der Waals surface area contributed by atoms with Crippen LogP contribution in [0.3, 0.4) is 0 Å². The lowest BCUT2D eigenvalue weighted by molar-refractivity contribution is -0.155. The van der Waals surface area contributed by atoms with Gasteiger partial charge in [-0.2, -0.15) is 0 Å². The van der Waals surface area contributed by atoms with E-state index in [1.165, 1.54) is 0 Å². The number of ether oxygens (including phenoxy) is 1. The van der Waals surface area contributed by atoms with E-state index in [0.717, 1.165) is 23.6 Å². The molecule has 6 rings (SSSR count). The Balaban J connectivity index is 1.13. The summed E-state index contributed by atoms with van der Waals surface area (Å²) in [6, 6.07) is 9.81. The molecule has 0 spiro atoms. The molecule has 2 aliphatic heterocycles. The zero-order chi connectivity index (χ0) is 40.5. The normalized spacial score (nSPS) is 15.1. The zero-order valence-corrected chi connectivity index (χ0v) is 34.1. The summed E-state index contributed by atoms with van der Waals surface area (Å²) in [4.78, 5) is 64.5. The standard InChI is InChI=1S/C40H48Cl2N8O6/c1-7-29(39(54)55)50-20-17-31-28(22-50)44-36(48(31)6)38(53)46-26-14-9-12-24(34(26)42)23-11-8-13-25(33(23)41)45-37(52)35-43-27-21-49(19-16-30(27)47(35)5)18-10-15-32(51)56-40(2,3)4/h8-9,11-14,29H,7,10,15-22H2,1-6H3,(H,45,52)(H,46,53)(H,54,55). The van der Waals surface area contributed by atoms with Gasteiger partial charge in [-0.25, -0.2) is 9.97 Å². The second-order valence-corrected chi connectivity index (χ2v) is 16.0. The first-order valence-electron chi connectivity index (χ1n) is 18.8. The van der Waals surface area contributed by atoms with E-state index < -0.39 is 29.4 Å². The highest BCUT2D eigenvalue weighted by Gasteiger charge is 2.32. The fraction of sp³-hybridized carbons (Fsp3) is 0.450. The number of rotatable bonds is 12. The summed E-state index contributed by atoms with van der Waals surface area (Å²) >= 11 is 13.8. The molecular formula is C40H48Cl2N8O6. The minimum atomic E-state index is -0.877. The second-order valence-electron chi connectivity index (χ2n) is 15.2. The number of nitrogens with one attached hydrogen (secondary N) is 2. The summed E-state index contributed by atoms with van der Waals surface area (Å²) < 4.78 is 8.98. The molecule has 56 heavy (non-hydrogen) atoms. The van der Waals surface area contributed by atoms with Crippen molar-refractivity contribution >= 4 is 58.3 Å². The summed E-state index contributed by atoms with van der Waals surface area (Å²) in [5.74, 6) is -1.53. The molecule has 0 saturated heterocycles. The van der Waals surface area contributed by atoms with Gasteiger partial charge in [0, 0.05) is 82.1 Å². The molecule has 1 unspecified atom stereocenters. The molecule has 0 fully saturated rings. The molecule has 2 amide bonds. The summed E-state index contributed by atoms with van der Waals surface area (Å²) in [5.41, 5.74) is 4.65. The number of hydrogen-bond donors (Lipinski definition) is 3. The SMILES string of the molecule is CCC(C(=O)O)N1CCc2c(nc(C(=O)Nc3cccc(-c4cccc(NC(=O)c5nc6c(n5C)CCN(CCCC(=O)OC(C)(C)C)C6)c4Cl)c3Cl)n2C)C1. The van der Waals surface area contributed by atoms with Crippen LogP contribution in [-0.4, -0.2) is 89.0 Å². The molecular weight excluding hydrogens is 759 g/mol. The van der Waals surface area contributed by atoms with Crippen molar-refractivity contribution in [3.8, 4) is 11.1 Å². The number of aromatic nitrogens is 4. The van der Waals surface area contributed by atoms with Crippen LogP contribution in [0, 0.1) is 0 Å². The fourth-order valence-electron chi connectivity index (χ4n) is 7.45. The van der Waals surface area contributed by atoms with Crippen LogP contribution >= 0.6 is 23.2 Å². The first-order chi connectivity index (χ1) is 26.6. The zero-order valence-electron chi connectivity index (χ0n) is 32.5. The summed E-state index contributed by atoms with van der Waals surface area (Å²) in [6.07, 6.45) is 2.75. The number of nitrogens with zero attached hydrogens (tertiary/aromatic N) is 6. The van der Waals surface area contributed by atoms with Crippen molar-refractivity contribution in [1.82, 2.24) is 28.9 Å². The number of hydrogen-bond acceptors (Lipinski definition) is 9. The van der Waals surface area contributed by atoms with Gasteiger partial charge in [-0.05, 0) is 52.3 Å². The Morgan fingerprint density at radius 1 is 0.839 bits per heavy atom. The number of amides is 2. The number of fused-ring (bicyclic) bond motifs is 2. The van der Waals surface area contributed by atoms with E-state index in [1.54, 1.807) is 48.0 Å². The highest BCUT2D eigenvalue weighted by atomic mass is 35.5. The number of halogens is 2. The number of carboxylic acids is 1. The van der Waals surface area contributed by atoms with Crippen LogP contribution in [0.15, 0.2) is 36.4 Å². The smallest absolute Gasteiger partial charge is 0.320 e. The maximum absolute atomic E-state index is 13.6. The number of esters is 1. The number of benzene rings is 2. The van der Waals surface area contributed by atoms with Crippen LogP contribution in [0.1, 0.15) is 91.0 Å². The average molecular weight is 808 g/mol. The van der Waals surface area contributed by atoms with Crippen LogP contribution in [0.2, 0.25) is 10.0 Å². The Labute approximate surface area is 336 Å². The predicted molar refractivity (Wildman–Crippen MR) is 214 cm³/mol. The number of carbonyl (C=O) groups excluding carboxylic acids is 3. The Kier molecular flexibility index (Phi) is 12.2. The maximum atomic E-state index is 13.6. The highest BCUT2D eigenvalue weighted by Crippen LogP contribution is 2.40. The molecule has 1 atom stereocenters. The number of aliphatic carboxylic acids is 1. The number of imidazole rings is 2. The predicted octanol–water partition coefficient (Wildman–Crippen LogP) is 6.33. The molecule has 2 aromatic heterocycles. The minimum absolute atomic E-state index is 0.186. The first-order valence-corrected chi connectivity index (χ1v) is 19.5. The van der Waals surface area contributed by atoms with E-state index >= 15 is 0 Å². The van der Waals surface area contributed by atoms with Gasteiger partial charge in [-0.3, -0.25) is 29.0 Å². The Morgan fingerprint density at radius 3 is 1.86 bits per heavy atom. The third-order valence-electron chi connectivity index (χ3n) is 10.2. The Hall–Kier alpha value is -4.76. The molecule has 298 valence electrons. The first kappa shape index (κ1) is 40.9. The largest absolute Gasteiger partial charge is 0.480 e. The monoisotopic (exact) mass is 806 g/mol. The number of anilines is 2. The van der Waals surface area contributed by atoms with Gasteiger partial charge in [0.2, 0.25) is 0 Å². The van der Waals surface area contributed by atoms with Crippen LogP contribution in [0.25, 0.3) is 11.1 Å². The van der Waals surface area contributed by atoms with E-state index in [0.29, 0.717) is 86.5 Å². The molecule has 3 N–H and O–H groups in total. The highest BCUT2D eigenvalue weighted by molar-refractivity contribution is 6.40. The maximum Gasteiger partial charge on any atom is 0.320 e. The summed E-state index contributed by atoms with van der Waals surface area (Å²) in [5, 5.41) is 16.0. The van der Waals surface area contributed by atoms with Gasteiger partial charge in [0.25, 0.3) is 11.8 Å². The van der Waals surface area contributed by atoms with Crippen molar-refractivity contribution in [2.75, 3.05) is 30.3 Å². The number of carbonyl (C=O) groups is 4. The Morgan fingerprint density at radius 2 is 1.36 bits per heavy atom. The molecule has 0 bridgehead atoms. The van der Waals surface area contributed by atoms with E-state index in [2.05, 4.69) is 20.5 Å². The second kappa shape index (κ2) is 16.8. The van der Waals surface area contributed by atoms with Gasteiger partial charge in [0.1, 0.15) is 11.6 Å². The van der Waals surface area contributed by atoms with Crippen LogP contribution in [-0.2, 0) is 54.4 Å². The van der Waals surface area contributed by atoms with Gasteiger partial charge in [-0.1, -0.05) is 54.4 Å². The molecule has 0 radical (unpaired) electrons. The van der Waals surface area contributed by atoms with Crippen LogP contribution in [0.5, 0.6) is 0 Å². The quantitative estimate of drug-likeness (QED) is 0.138. The van der Waals surface area contributed by atoms with Crippen molar-refractivity contribution in [1.29, 1.82) is 0 Å². The third kappa shape index (κ3) is 8.78. The van der Waals surface area contributed by atoms with Gasteiger partial charge in [-0.15, -0.1) is 0 Å². The molecule has 0 aliphatic carbocycles. The van der Waals surface area contributed by atoms with Crippen LogP contribution in [0.4, 0.5) is 11.4 Å². The molecule has 2 aliphatic rings. The van der Waals surface area contributed by atoms with Gasteiger partial charge >= 0.3 is 11.9 Å². The lowest BCUT2D eigenvalue weighted by Gasteiger charge is -2.31. The lowest BCUT2D eigenvalue weighted by Crippen LogP contribution is -2.43. The molecule has 2 aromatic carbocycles. The van der Waals surface area contributed by atoms with E-state index in [9.17, 15) is 24.3 Å². The molecule has 4 heterocycles. The topological polar surface area (TPSA) is 164 Å². The molecule has 4 aromatic rings. The minimum Gasteiger partial charge on any atom is -0.480 e. The van der Waals surface area contributed by atoms with Crippen molar-refractivity contribution in [3.05, 3.63) is 80.9 Å². The lowest BCUT2D eigenvalue weighted by atomic mass is 10.0. The van der Waals surface area contributed by atoms with Crippen molar-refractivity contribution in [3.63, 3.8) is 0 Å². The van der Waals surface area contributed by atoms with Gasteiger partial charge in [0.05, 0.1) is 32.8 Å². The fourth-order valence-corrected chi connectivity index (χ4v) is 8.00. The average Bonchev–Trinajstić information content (AvgIpc) is 3.65. The van der Waals surface area contributed by atoms with Gasteiger partial charge < -0.3 is 29.6 Å². The van der Waals surface area contributed by atoms with Gasteiger partial charge in [0.15, 0.2) is 11.6 Å². The van der Waals surface area contributed by atoms with E-state index in [4.69, 9.17) is 32.9 Å². The molecule has 14 nitrogen and oxygen atoms in total. The van der Waals surface area contributed by atoms with Crippen molar-refractivity contribution < 1.29 is 29.0 Å². The van der Waals surface area contributed by atoms with Crippen molar-refractivity contribution in [2.24, 2.45) is 14.1 Å². The summed E-state index contributed by atoms with van der Waals surface area (Å²) in [6.45, 7) is 10.4. The Bertz CT molecular complexity index is 2170. The molecule has 16 heteroatoms.